The summed E-state index contributed by atoms with van der Waals surface area (Å²) in [5.41, 5.74) is 0.813. The standard InChI is InChI=1S/C14H12N2O3/c1-4-12(19-9(2)17)10-6-5-7-11-13(10)15-8-16(3)14(11)18/h1,5-8,12H,2-3H3. The predicted octanol–water partition coefficient (Wildman–Crippen LogP) is 1.17. The van der Waals surface area contributed by atoms with Crippen LogP contribution in [0.2, 0.25) is 0 Å². The molecule has 0 radical (unpaired) electrons. The summed E-state index contributed by atoms with van der Waals surface area (Å²) in [4.78, 5) is 27.2. The van der Waals surface area contributed by atoms with Crippen LogP contribution < -0.4 is 5.56 Å². The Balaban J connectivity index is 2.68. The van der Waals surface area contributed by atoms with Gasteiger partial charge in [0.15, 0.2) is 6.10 Å². The highest BCUT2D eigenvalue weighted by atomic mass is 16.5. The fourth-order valence-electron chi connectivity index (χ4n) is 1.83. The lowest BCUT2D eigenvalue weighted by molar-refractivity contribution is -0.143. The Kier molecular flexibility index (Phi) is 3.34. The smallest absolute Gasteiger partial charge is 0.304 e. The zero-order chi connectivity index (χ0) is 14.0. The number of hydrogen-bond donors (Lipinski definition) is 0. The van der Waals surface area contributed by atoms with Crippen molar-refractivity contribution in [3.8, 4) is 12.3 Å². The summed E-state index contributed by atoms with van der Waals surface area (Å²) in [6.07, 6.45) is 5.94. The minimum Gasteiger partial charge on any atom is -0.444 e. The summed E-state index contributed by atoms with van der Waals surface area (Å²) < 4.78 is 6.42. The second-order valence-corrected chi connectivity index (χ2v) is 4.06. The molecular weight excluding hydrogens is 244 g/mol. The summed E-state index contributed by atoms with van der Waals surface area (Å²) in [5, 5.41) is 0.440. The van der Waals surface area contributed by atoms with Gasteiger partial charge in [-0.2, -0.15) is 0 Å². The van der Waals surface area contributed by atoms with Gasteiger partial charge in [-0.25, -0.2) is 4.98 Å². The Bertz CT molecular complexity index is 740. The van der Waals surface area contributed by atoms with E-state index in [1.165, 1.54) is 17.8 Å². The average Bonchev–Trinajstić information content (AvgIpc) is 2.39. The molecule has 1 unspecified atom stereocenters. The van der Waals surface area contributed by atoms with Crippen LogP contribution in [0.4, 0.5) is 0 Å². The molecule has 5 nitrogen and oxygen atoms in total. The van der Waals surface area contributed by atoms with Crippen LogP contribution in [-0.4, -0.2) is 15.5 Å². The number of benzene rings is 1. The first-order valence-electron chi connectivity index (χ1n) is 5.62. The van der Waals surface area contributed by atoms with Crippen molar-refractivity contribution >= 4 is 16.9 Å². The summed E-state index contributed by atoms with van der Waals surface area (Å²) in [6.45, 7) is 1.28. The number of fused-ring (bicyclic) bond motifs is 1. The molecule has 0 aliphatic rings. The fourth-order valence-corrected chi connectivity index (χ4v) is 1.83. The molecule has 0 aliphatic carbocycles. The summed E-state index contributed by atoms with van der Waals surface area (Å²) >= 11 is 0. The third-order valence-corrected chi connectivity index (χ3v) is 2.70. The van der Waals surface area contributed by atoms with Crippen molar-refractivity contribution in [2.45, 2.75) is 13.0 Å². The molecule has 0 fully saturated rings. The van der Waals surface area contributed by atoms with Crippen LogP contribution in [0.3, 0.4) is 0 Å². The van der Waals surface area contributed by atoms with Crippen LogP contribution in [0, 0.1) is 12.3 Å². The van der Waals surface area contributed by atoms with E-state index in [9.17, 15) is 9.59 Å². The third-order valence-electron chi connectivity index (χ3n) is 2.70. The maximum Gasteiger partial charge on any atom is 0.304 e. The van der Waals surface area contributed by atoms with Crippen LogP contribution in [0.1, 0.15) is 18.6 Å². The molecule has 0 N–H and O–H groups in total. The monoisotopic (exact) mass is 256 g/mol. The van der Waals surface area contributed by atoms with Crippen molar-refractivity contribution in [1.29, 1.82) is 0 Å². The molecule has 0 amide bonds. The Morgan fingerprint density at radius 2 is 2.26 bits per heavy atom. The van der Waals surface area contributed by atoms with E-state index in [4.69, 9.17) is 11.2 Å². The number of carbonyl (C=O) groups excluding carboxylic acids is 1. The molecule has 96 valence electrons. The number of ether oxygens (including phenoxy) is 1. The van der Waals surface area contributed by atoms with Crippen molar-refractivity contribution < 1.29 is 9.53 Å². The molecule has 1 aromatic carbocycles. The highest BCUT2D eigenvalue weighted by Gasteiger charge is 2.16. The van der Waals surface area contributed by atoms with Crippen molar-refractivity contribution in [2.75, 3.05) is 0 Å². The highest BCUT2D eigenvalue weighted by molar-refractivity contribution is 5.82. The first-order chi connectivity index (χ1) is 9.04. The number of nitrogens with zero attached hydrogens (tertiary/aromatic N) is 2. The lowest BCUT2D eigenvalue weighted by Gasteiger charge is -2.13. The number of esters is 1. The number of terminal acetylenes is 1. The largest absolute Gasteiger partial charge is 0.444 e. The highest BCUT2D eigenvalue weighted by Crippen LogP contribution is 2.23. The van der Waals surface area contributed by atoms with Gasteiger partial charge in [0.1, 0.15) is 0 Å². The van der Waals surface area contributed by atoms with E-state index < -0.39 is 12.1 Å². The maximum atomic E-state index is 12.0. The second-order valence-electron chi connectivity index (χ2n) is 4.06. The van der Waals surface area contributed by atoms with E-state index in [2.05, 4.69) is 10.9 Å². The lowest BCUT2D eigenvalue weighted by Crippen LogP contribution is -2.18. The molecule has 0 bridgehead atoms. The van der Waals surface area contributed by atoms with Gasteiger partial charge < -0.3 is 9.30 Å². The van der Waals surface area contributed by atoms with Gasteiger partial charge >= 0.3 is 5.97 Å². The molecule has 19 heavy (non-hydrogen) atoms. The van der Waals surface area contributed by atoms with Gasteiger partial charge in [0.05, 0.1) is 17.2 Å². The van der Waals surface area contributed by atoms with Crippen LogP contribution in [0.5, 0.6) is 0 Å². The first kappa shape index (κ1) is 12.8. The van der Waals surface area contributed by atoms with Crippen LogP contribution in [0.25, 0.3) is 10.9 Å². The molecule has 1 aromatic heterocycles. The van der Waals surface area contributed by atoms with Crippen molar-refractivity contribution in [3.05, 3.63) is 40.4 Å². The van der Waals surface area contributed by atoms with E-state index in [-0.39, 0.29) is 5.56 Å². The molecule has 0 aliphatic heterocycles. The average molecular weight is 256 g/mol. The quantitative estimate of drug-likeness (QED) is 0.597. The van der Waals surface area contributed by atoms with Gasteiger partial charge in [-0.05, 0) is 6.07 Å². The number of carbonyl (C=O) groups is 1. The maximum absolute atomic E-state index is 12.0. The van der Waals surface area contributed by atoms with Gasteiger partial charge in [-0.1, -0.05) is 18.1 Å². The Morgan fingerprint density at radius 3 is 2.89 bits per heavy atom. The Labute approximate surface area is 109 Å². The fraction of sp³-hybridized carbons (Fsp3) is 0.214. The van der Waals surface area contributed by atoms with E-state index in [1.807, 2.05) is 0 Å². The molecule has 2 aromatic rings. The molecule has 0 spiro atoms. The Morgan fingerprint density at radius 1 is 1.53 bits per heavy atom. The van der Waals surface area contributed by atoms with Gasteiger partial charge in [-0.3, -0.25) is 9.59 Å². The van der Waals surface area contributed by atoms with Crippen LogP contribution in [0.15, 0.2) is 29.3 Å². The van der Waals surface area contributed by atoms with Crippen LogP contribution >= 0.6 is 0 Å². The molecule has 2 rings (SSSR count). The molecular formula is C14H12N2O3. The minimum absolute atomic E-state index is 0.176. The Hall–Kier alpha value is -2.61. The first-order valence-corrected chi connectivity index (χ1v) is 5.62. The van der Waals surface area contributed by atoms with Crippen LogP contribution in [-0.2, 0) is 16.6 Å². The zero-order valence-electron chi connectivity index (χ0n) is 10.6. The third kappa shape index (κ3) is 2.33. The molecule has 1 heterocycles. The predicted molar refractivity (Wildman–Crippen MR) is 70.3 cm³/mol. The summed E-state index contributed by atoms with van der Waals surface area (Å²) in [5.74, 6) is 1.90. The SMILES string of the molecule is C#CC(OC(C)=O)c1cccc2c(=O)n(C)cnc12. The molecule has 0 saturated heterocycles. The number of hydrogen-bond acceptors (Lipinski definition) is 4. The molecule has 1 atom stereocenters. The van der Waals surface area contributed by atoms with Crippen molar-refractivity contribution in [1.82, 2.24) is 9.55 Å². The number of rotatable bonds is 2. The number of aryl methyl sites for hydroxylation is 1. The van der Waals surface area contributed by atoms with Gasteiger partial charge in [0.2, 0.25) is 0 Å². The normalized spacial score (nSPS) is 11.8. The zero-order valence-corrected chi connectivity index (χ0v) is 10.6. The van der Waals surface area contributed by atoms with E-state index >= 15 is 0 Å². The van der Waals surface area contributed by atoms with Crippen molar-refractivity contribution in [3.63, 3.8) is 0 Å². The minimum atomic E-state index is -0.846. The van der Waals surface area contributed by atoms with E-state index in [1.54, 1.807) is 25.2 Å². The summed E-state index contributed by atoms with van der Waals surface area (Å²) in [6, 6.07) is 5.05. The lowest BCUT2D eigenvalue weighted by atomic mass is 10.1. The molecule has 5 heteroatoms. The van der Waals surface area contributed by atoms with Gasteiger partial charge in [0, 0.05) is 19.5 Å². The van der Waals surface area contributed by atoms with Gasteiger partial charge in [0.25, 0.3) is 5.56 Å². The topological polar surface area (TPSA) is 61.2 Å². The second kappa shape index (κ2) is 4.94. The number of aromatic nitrogens is 2. The van der Waals surface area contributed by atoms with Gasteiger partial charge in [-0.15, -0.1) is 6.42 Å². The van der Waals surface area contributed by atoms with Crippen molar-refractivity contribution in [2.24, 2.45) is 7.05 Å². The molecule has 0 saturated carbocycles. The van der Waals surface area contributed by atoms with E-state index in [0.717, 1.165) is 0 Å². The van der Waals surface area contributed by atoms with E-state index in [0.29, 0.717) is 16.5 Å². The number of para-hydroxylation sites is 1. The summed E-state index contributed by atoms with van der Waals surface area (Å²) in [7, 11) is 1.62.